The number of thiazole rings is 1. The van der Waals surface area contributed by atoms with Crippen molar-refractivity contribution in [3.8, 4) is 0 Å². The van der Waals surface area contributed by atoms with E-state index in [1.54, 1.807) is 16.2 Å². The van der Waals surface area contributed by atoms with Crippen LogP contribution in [0.25, 0.3) is 10.2 Å². The predicted octanol–water partition coefficient (Wildman–Crippen LogP) is 3.46. The van der Waals surface area contributed by atoms with E-state index in [2.05, 4.69) is 5.32 Å². The van der Waals surface area contributed by atoms with E-state index in [0.717, 1.165) is 52.2 Å². The Bertz CT molecular complexity index is 988. The summed E-state index contributed by atoms with van der Waals surface area (Å²) in [4.78, 5) is 46.7. The highest BCUT2D eigenvalue weighted by Gasteiger charge is 2.55. The number of imide groups is 1. The van der Waals surface area contributed by atoms with Gasteiger partial charge in [-0.15, -0.1) is 11.3 Å². The van der Waals surface area contributed by atoms with E-state index < -0.39 is 11.6 Å². The van der Waals surface area contributed by atoms with E-state index in [-0.39, 0.29) is 30.3 Å². The Kier molecular flexibility index (Phi) is 4.76. The number of urea groups is 1. The summed E-state index contributed by atoms with van der Waals surface area (Å²) in [5, 5.41) is 3.86. The molecule has 1 spiro atoms. The molecule has 8 heteroatoms. The topological polar surface area (TPSA) is 82.6 Å². The minimum absolute atomic E-state index is 0.0850. The monoisotopic (exact) mass is 426 g/mol. The summed E-state index contributed by atoms with van der Waals surface area (Å²) in [6.07, 6.45) is 5.31. The number of likely N-dealkylation sites (tertiary alicyclic amines) is 1. The SMILES string of the molecule is C[C@H]1CCCC[C@@]12NC(=O)N(CC(=O)N1CCC[C@@H]1c1nc3ccccc3s1)C2=O. The van der Waals surface area contributed by atoms with E-state index in [4.69, 9.17) is 4.98 Å². The number of nitrogens with one attached hydrogen (secondary N) is 1. The minimum Gasteiger partial charge on any atom is -0.332 e. The zero-order chi connectivity index (χ0) is 20.9. The number of fused-ring (bicyclic) bond motifs is 1. The molecule has 0 bridgehead atoms. The maximum absolute atomic E-state index is 13.2. The number of carbonyl (C=O) groups excluding carboxylic acids is 3. The minimum atomic E-state index is -0.826. The first kappa shape index (κ1) is 19.5. The smallest absolute Gasteiger partial charge is 0.325 e. The maximum Gasteiger partial charge on any atom is 0.325 e. The molecule has 4 amide bonds. The van der Waals surface area contributed by atoms with Crippen molar-refractivity contribution in [2.24, 2.45) is 5.92 Å². The first-order valence-electron chi connectivity index (χ1n) is 10.8. The van der Waals surface area contributed by atoms with Crippen molar-refractivity contribution in [3.05, 3.63) is 29.3 Å². The van der Waals surface area contributed by atoms with Crippen LogP contribution in [0.15, 0.2) is 24.3 Å². The molecule has 158 valence electrons. The van der Waals surface area contributed by atoms with Crippen LogP contribution in [0.1, 0.15) is 56.5 Å². The fraction of sp³-hybridized carbons (Fsp3) is 0.545. The third kappa shape index (κ3) is 3.00. The third-order valence-corrected chi connectivity index (χ3v) is 8.10. The van der Waals surface area contributed by atoms with Gasteiger partial charge in [0, 0.05) is 6.54 Å². The van der Waals surface area contributed by atoms with E-state index in [0.29, 0.717) is 13.0 Å². The molecule has 3 atom stereocenters. The van der Waals surface area contributed by atoms with Crippen molar-refractivity contribution in [3.63, 3.8) is 0 Å². The Hall–Kier alpha value is -2.48. The molecule has 1 aromatic heterocycles. The van der Waals surface area contributed by atoms with Crippen LogP contribution in [0, 0.1) is 5.92 Å². The highest BCUT2D eigenvalue weighted by atomic mass is 32.1. The van der Waals surface area contributed by atoms with Crippen LogP contribution in [-0.2, 0) is 9.59 Å². The summed E-state index contributed by atoms with van der Waals surface area (Å²) < 4.78 is 1.11. The molecule has 3 heterocycles. The fourth-order valence-corrected chi connectivity index (χ4v) is 6.33. The number of hydrogen-bond acceptors (Lipinski definition) is 5. The summed E-state index contributed by atoms with van der Waals surface area (Å²) in [6.45, 7) is 2.46. The fourth-order valence-electron chi connectivity index (χ4n) is 5.22. The summed E-state index contributed by atoms with van der Waals surface area (Å²) in [7, 11) is 0. The average molecular weight is 427 g/mol. The van der Waals surface area contributed by atoms with Gasteiger partial charge in [0.2, 0.25) is 5.91 Å². The van der Waals surface area contributed by atoms with Crippen molar-refractivity contribution in [1.82, 2.24) is 20.1 Å². The van der Waals surface area contributed by atoms with Crippen LogP contribution < -0.4 is 5.32 Å². The van der Waals surface area contributed by atoms with E-state index in [9.17, 15) is 14.4 Å². The summed E-state index contributed by atoms with van der Waals surface area (Å²) in [5.74, 6) is -0.324. The number of benzene rings is 1. The quantitative estimate of drug-likeness (QED) is 0.762. The number of aromatic nitrogens is 1. The van der Waals surface area contributed by atoms with Crippen molar-refractivity contribution < 1.29 is 14.4 Å². The van der Waals surface area contributed by atoms with Crippen molar-refractivity contribution >= 4 is 39.4 Å². The van der Waals surface area contributed by atoms with Gasteiger partial charge < -0.3 is 10.2 Å². The zero-order valence-electron chi connectivity index (χ0n) is 17.1. The lowest BCUT2D eigenvalue weighted by Crippen LogP contribution is -2.54. The van der Waals surface area contributed by atoms with Gasteiger partial charge in [-0.3, -0.25) is 14.5 Å². The second-order valence-corrected chi connectivity index (χ2v) is 9.77. The van der Waals surface area contributed by atoms with Crippen LogP contribution in [-0.4, -0.2) is 51.3 Å². The molecule has 0 radical (unpaired) electrons. The molecule has 1 aromatic carbocycles. The molecule has 2 aliphatic heterocycles. The van der Waals surface area contributed by atoms with Crippen LogP contribution >= 0.6 is 11.3 Å². The van der Waals surface area contributed by atoms with Gasteiger partial charge in [0.05, 0.1) is 16.3 Å². The summed E-state index contributed by atoms with van der Waals surface area (Å²) >= 11 is 1.61. The van der Waals surface area contributed by atoms with Crippen LogP contribution in [0.2, 0.25) is 0 Å². The number of para-hydroxylation sites is 1. The molecule has 7 nitrogen and oxygen atoms in total. The number of amides is 4. The van der Waals surface area contributed by atoms with Gasteiger partial charge in [-0.25, -0.2) is 9.78 Å². The Morgan fingerprint density at radius 2 is 2.07 bits per heavy atom. The molecular formula is C22H26N4O3S. The van der Waals surface area contributed by atoms with Gasteiger partial charge in [-0.2, -0.15) is 0 Å². The Morgan fingerprint density at radius 3 is 2.87 bits per heavy atom. The van der Waals surface area contributed by atoms with Gasteiger partial charge in [-0.1, -0.05) is 31.9 Å². The van der Waals surface area contributed by atoms with E-state index in [1.807, 2.05) is 31.2 Å². The second-order valence-electron chi connectivity index (χ2n) is 8.70. The van der Waals surface area contributed by atoms with Gasteiger partial charge in [0.15, 0.2) is 0 Å². The van der Waals surface area contributed by atoms with Crippen LogP contribution in [0.5, 0.6) is 0 Å². The molecule has 1 N–H and O–H groups in total. The van der Waals surface area contributed by atoms with Gasteiger partial charge in [-0.05, 0) is 43.7 Å². The third-order valence-electron chi connectivity index (χ3n) is 6.96. The second kappa shape index (κ2) is 7.34. The highest BCUT2D eigenvalue weighted by Crippen LogP contribution is 2.39. The molecule has 1 saturated carbocycles. The van der Waals surface area contributed by atoms with Gasteiger partial charge in [0.25, 0.3) is 5.91 Å². The molecule has 30 heavy (non-hydrogen) atoms. The highest BCUT2D eigenvalue weighted by molar-refractivity contribution is 7.18. The molecule has 3 aliphatic rings. The molecule has 2 saturated heterocycles. The van der Waals surface area contributed by atoms with E-state index >= 15 is 0 Å². The van der Waals surface area contributed by atoms with Gasteiger partial charge >= 0.3 is 6.03 Å². The normalized spacial score (nSPS) is 29.2. The molecule has 1 aliphatic carbocycles. The predicted molar refractivity (Wildman–Crippen MR) is 114 cm³/mol. The van der Waals surface area contributed by atoms with Gasteiger partial charge in [0.1, 0.15) is 17.1 Å². The zero-order valence-corrected chi connectivity index (χ0v) is 17.9. The Balaban J connectivity index is 1.34. The Labute approximate surface area is 179 Å². The average Bonchev–Trinajstić information content (AvgIpc) is 3.43. The number of carbonyl (C=O) groups is 3. The summed E-state index contributed by atoms with van der Waals surface area (Å²) in [6, 6.07) is 7.45. The lowest BCUT2D eigenvalue weighted by atomic mass is 9.73. The van der Waals surface area contributed by atoms with Crippen molar-refractivity contribution in [2.45, 2.75) is 57.0 Å². The number of rotatable bonds is 3. The van der Waals surface area contributed by atoms with Crippen LogP contribution in [0.3, 0.4) is 0 Å². The van der Waals surface area contributed by atoms with E-state index in [1.165, 1.54) is 0 Å². The molecule has 2 aromatic rings. The molecule has 0 unspecified atom stereocenters. The van der Waals surface area contributed by atoms with Crippen molar-refractivity contribution in [2.75, 3.05) is 13.1 Å². The lowest BCUT2D eigenvalue weighted by molar-refractivity contribution is -0.141. The summed E-state index contributed by atoms with van der Waals surface area (Å²) in [5.41, 5.74) is 0.117. The first-order valence-corrected chi connectivity index (χ1v) is 11.6. The number of nitrogens with zero attached hydrogens (tertiary/aromatic N) is 3. The molecule has 5 rings (SSSR count). The largest absolute Gasteiger partial charge is 0.332 e. The number of hydrogen-bond donors (Lipinski definition) is 1. The first-order chi connectivity index (χ1) is 14.5. The standard InChI is InChI=1S/C22H26N4O3S/c1-14-7-4-5-11-22(14)20(28)26(21(29)24-22)13-18(27)25-12-6-9-16(25)19-23-15-8-2-3-10-17(15)30-19/h2-3,8,10,14,16H,4-7,9,11-13H2,1H3,(H,24,29)/t14-,16+,22+/m0/s1. The molecular weight excluding hydrogens is 400 g/mol. The molecule has 3 fully saturated rings. The van der Waals surface area contributed by atoms with Crippen LogP contribution in [0.4, 0.5) is 4.79 Å². The maximum atomic E-state index is 13.2. The Morgan fingerprint density at radius 1 is 1.23 bits per heavy atom. The lowest BCUT2D eigenvalue weighted by Gasteiger charge is -2.36. The van der Waals surface area contributed by atoms with Crippen molar-refractivity contribution in [1.29, 1.82) is 0 Å².